The molecule has 178 valence electrons. The summed E-state index contributed by atoms with van der Waals surface area (Å²) in [4.78, 5) is 11.5. The number of carbonyl (C=O) groups is 1. The van der Waals surface area contributed by atoms with E-state index in [4.69, 9.17) is 14.2 Å². The molecule has 0 N–H and O–H groups in total. The van der Waals surface area contributed by atoms with Crippen LogP contribution in [0, 0.1) is 11.7 Å². The van der Waals surface area contributed by atoms with Crippen LogP contribution in [0.25, 0.3) is 11.1 Å². The maximum Gasteiger partial charge on any atom is 0.306 e. The third-order valence-electron chi connectivity index (χ3n) is 6.33. The molecule has 0 heterocycles. The highest BCUT2D eigenvalue weighted by molar-refractivity contribution is 5.71. The second kappa shape index (κ2) is 10.3. The van der Waals surface area contributed by atoms with E-state index in [9.17, 15) is 9.18 Å². The predicted octanol–water partition coefficient (Wildman–Crippen LogP) is 6.48. The molecule has 0 spiro atoms. The van der Waals surface area contributed by atoms with Gasteiger partial charge in [0.2, 0.25) is 0 Å². The molecule has 34 heavy (non-hydrogen) atoms. The Hall–Kier alpha value is -3.34. The van der Waals surface area contributed by atoms with Gasteiger partial charge in [-0.05, 0) is 82.8 Å². The largest absolute Gasteiger partial charge is 0.497 e. The Morgan fingerprint density at radius 2 is 1.79 bits per heavy atom. The SMILES string of the molecule is COC(=O)C[C@@H]1Cc2cc(OCc3ccc(-c4cc(OC)ccc4F)c(CC(C)C)c3)ccc21. The lowest BCUT2D eigenvalue weighted by Gasteiger charge is -2.29. The van der Waals surface area contributed by atoms with Gasteiger partial charge in [-0.25, -0.2) is 4.39 Å². The maximum absolute atomic E-state index is 14.7. The number of fused-ring (bicyclic) bond motifs is 1. The number of carbonyl (C=O) groups excluding carboxylic acids is 1. The van der Waals surface area contributed by atoms with Gasteiger partial charge in [0.25, 0.3) is 0 Å². The minimum Gasteiger partial charge on any atom is -0.497 e. The van der Waals surface area contributed by atoms with Gasteiger partial charge in [-0.15, -0.1) is 0 Å². The zero-order valence-corrected chi connectivity index (χ0v) is 20.2. The fraction of sp³-hybridized carbons (Fsp3) is 0.345. The van der Waals surface area contributed by atoms with Crippen LogP contribution in [-0.2, 0) is 29.0 Å². The van der Waals surface area contributed by atoms with E-state index in [0.717, 1.165) is 35.3 Å². The Kier molecular flexibility index (Phi) is 7.20. The van der Waals surface area contributed by atoms with Gasteiger partial charge in [0, 0.05) is 5.56 Å². The van der Waals surface area contributed by atoms with Crippen LogP contribution in [-0.4, -0.2) is 20.2 Å². The van der Waals surface area contributed by atoms with Gasteiger partial charge in [0.1, 0.15) is 23.9 Å². The number of benzene rings is 3. The average Bonchev–Trinajstić information content (AvgIpc) is 2.81. The van der Waals surface area contributed by atoms with E-state index in [-0.39, 0.29) is 17.7 Å². The first-order valence-corrected chi connectivity index (χ1v) is 11.7. The van der Waals surface area contributed by atoms with Crippen molar-refractivity contribution in [3.05, 3.63) is 82.7 Å². The first-order chi connectivity index (χ1) is 16.4. The molecule has 0 aromatic heterocycles. The van der Waals surface area contributed by atoms with Gasteiger partial charge in [-0.3, -0.25) is 4.79 Å². The lowest BCUT2D eigenvalue weighted by atomic mass is 9.76. The highest BCUT2D eigenvalue weighted by Gasteiger charge is 2.28. The van der Waals surface area contributed by atoms with Gasteiger partial charge < -0.3 is 14.2 Å². The number of esters is 1. The van der Waals surface area contributed by atoms with Gasteiger partial charge >= 0.3 is 5.97 Å². The van der Waals surface area contributed by atoms with Crippen molar-refractivity contribution >= 4 is 5.97 Å². The summed E-state index contributed by atoms with van der Waals surface area (Å²) < 4.78 is 30.8. The maximum atomic E-state index is 14.7. The second-order valence-electron chi connectivity index (χ2n) is 9.27. The van der Waals surface area contributed by atoms with Crippen LogP contribution in [0.5, 0.6) is 11.5 Å². The van der Waals surface area contributed by atoms with Gasteiger partial charge in [0.15, 0.2) is 0 Å². The topological polar surface area (TPSA) is 44.8 Å². The minimum absolute atomic E-state index is 0.176. The number of methoxy groups -OCH3 is 2. The molecule has 1 aliphatic rings. The Morgan fingerprint density at radius 1 is 1.00 bits per heavy atom. The molecule has 5 heteroatoms. The molecular weight excluding hydrogens is 431 g/mol. The number of halogens is 1. The molecule has 3 aromatic rings. The Balaban J connectivity index is 1.50. The first-order valence-electron chi connectivity index (χ1n) is 11.7. The lowest BCUT2D eigenvalue weighted by molar-refractivity contribution is -0.141. The molecule has 1 atom stereocenters. The quantitative estimate of drug-likeness (QED) is 0.341. The number of hydrogen-bond acceptors (Lipinski definition) is 4. The molecular formula is C29H31FO4. The number of hydrogen-bond donors (Lipinski definition) is 0. The summed E-state index contributed by atoms with van der Waals surface area (Å²) in [5.41, 5.74) is 5.97. The van der Waals surface area contributed by atoms with Gasteiger partial charge in [-0.1, -0.05) is 38.1 Å². The standard InChI is InChI=1S/C29H31FO4/c1-18(2)11-20-12-19(5-8-26(20)27-16-23(32-3)7-10-28(27)30)17-34-24-6-9-25-21(14-24)13-22(25)15-29(31)33-4/h5-10,12,14,16,18,22H,11,13,15,17H2,1-4H3/t22-/m0/s1. The van der Waals surface area contributed by atoms with Crippen LogP contribution < -0.4 is 9.47 Å². The fourth-order valence-corrected chi connectivity index (χ4v) is 4.57. The van der Waals surface area contributed by atoms with Crippen molar-refractivity contribution < 1.29 is 23.4 Å². The molecule has 0 fully saturated rings. The van der Waals surface area contributed by atoms with E-state index >= 15 is 0 Å². The van der Waals surface area contributed by atoms with E-state index in [1.807, 2.05) is 24.3 Å². The zero-order valence-electron chi connectivity index (χ0n) is 20.2. The van der Waals surface area contributed by atoms with Crippen molar-refractivity contribution in [3.63, 3.8) is 0 Å². The van der Waals surface area contributed by atoms with Crippen molar-refractivity contribution in [1.29, 1.82) is 0 Å². The van der Waals surface area contributed by atoms with Crippen molar-refractivity contribution in [3.8, 4) is 22.6 Å². The molecule has 4 nitrogen and oxygen atoms in total. The lowest BCUT2D eigenvalue weighted by Crippen LogP contribution is -2.20. The van der Waals surface area contributed by atoms with Crippen LogP contribution in [0.15, 0.2) is 54.6 Å². The molecule has 0 saturated heterocycles. The molecule has 0 radical (unpaired) electrons. The van der Waals surface area contributed by atoms with Crippen LogP contribution >= 0.6 is 0 Å². The first kappa shape index (κ1) is 23.8. The van der Waals surface area contributed by atoms with Crippen LogP contribution in [0.3, 0.4) is 0 Å². The molecule has 0 unspecified atom stereocenters. The summed E-state index contributed by atoms with van der Waals surface area (Å²) in [5.74, 6) is 1.67. The van der Waals surface area contributed by atoms with Gasteiger partial charge in [0.05, 0.1) is 20.6 Å². The van der Waals surface area contributed by atoms with Crippen molar-refractivity contribution in [2.75, 3.05) is 14.2 Å². The Morgan fingerprint density at radius 3 is 2.50 bits per heavy atom. The molecule has 4 rings (SSSR count). The molecule has 1 aliphatic carbocycles. The third kappa shape index (κ3) is 5.24. The molecule has 0 aliphatic heterocycles. The summed E-state index contributed by atoms with van der Waals surface area (Å²) in [6.45, 7) is 4.74. The predicted molar refractivity (Wildman–Crippen MR) is 131 cm³/mol. The van der Waals surface area contributed by atoms with E-state index in [2.05, 4.69) is 26.0 Å². The Bertz CT molecular complexity index is 1180. The molecule has 0 amide bonds. The summed E-state index contributed by atoms with van der Waals surface area (Å²) in [6.07, 6.45) is 2.11. The van der Waals surface area contributed by atoms with E-state index in [1.165, 1.54) is 24.3 Å². The third-order valence-corrected chi connectivity index (χ3v) is 6.33. The zero-order chi connectivity index (χ0) is 24.2. The Labute approximate surface area is 200 Å². The van der Waals surface area contributed by atoms with Crippen LogP contribution in [0.4, 0.5) is 4.39 Å². The molecule has 0 bridgehead atoms. The van der Waals surface area contributed by atoms with E-state index < -0.39 is 0 Å². The van der Waals surface area contributed by atoms with E-state index in [0.29, 0.717) is 30.3 Å². The highest BCUT2D eigenvalue weighted by Crippen LogP contribution is 2.40. The second-order valence-corrected chi connectivity index (χ2v) is 9.27. The fourth-order valence-electron chi connectivity index (χ4n) is 4.57. The van der Waals surface area contributed by atoms with Crippen LogP contribution in [0.2, 0.25) is 0 Å². The normalized spacial score (nSPS) is 14.4. The number of ether oxygens (including phenoxy) is 3. The van der Waals surface area contributed by atoms with Crippen LogP contribution in [0.1, 0.15) is 48.4 Å². The van der Waals surface area contributed by atoms with Crippen molar-refractivity contribution in [2.24, 2.45) is 5.92 Å². The summed E-state index contributed by atoms with van der Waals surface area (Å²) in [5, 5.41) is 0. The average molecular weight is 463 g/mol. The van der Waals surface area contributed by atoms with E-state index in [1.54, 1.807) is 19.2 Å². The summed E-state index contributed by atoms with van der Waals surface area (Å²) >= 11 is 0. The monoisotopic (exact) mass is 462 g/mol. The number of rotatable bonds is 9. The van der Waals surface area contributed by atoms with Gasteiger partial charge in [-0.2, -0.15) is 0 Å². The molecule has 0 saturated carbocycles. The summed E-state index contributed by atoms with van der Waals surface area (Å²) in [7, 11) is 3.01. The minimum atomic E-state index is -0.262. The molecule has 3 aromatic carbocycles. The highest BCUT2D eigenvalue weighted by atomic mass is 19.1. The van der Waals surface area contributed by atoms with Crippen molar-refractivity contribution in [2.45, 2.75) is 45.6 Å². The summed E-state index contributed by atoms with van der Waals surface area (Å²) in [6, 6.07) is 17.0. The van der Waals surface area contributed by atoms with Crippen molar-refractivity contribution in [1.82, 2.24) is 0 Å². The smallest absolute Gasteiger partial charge is 0.306 e.